The first-order chi connectivity index (χ1) is 12.2. The van der Waals surface area contributed by atoms with Gasteiger partial charge in [-0.3, -0.25) is 0 Å². The van der Waals surface area contributed by atoms with E-state index in [1.54, 1.807) is 12.1 Å². The fourth-order valence-electron chi connectivity index (χ4n) is 3.23. The summed E-state index contributed by atoms with van der Waals surface area (Å²) in [4.78, 5) is 11.4. The summed E-state index contributed by atoms with van der Waals surface area (Å²) in [6.07, 6.45) is 0. The molecule has 0 aliphatic heterocycles. The largest absolute Gasteiger partial charge is 0.478 e. The number of carboxylic acid groups (broad SMARTS) is 1. The molecule has 2 nitrogen and oxygen atoms in total. The molecule has 0 saturated heterocycles. The highest BCUT2D eigenvalue weighted by Gasteiger charge is 2.13. The number of carboxylic acids is 1. The van der Waals surface area contributed by atoms with Crippen molar-refractivity contribution in [3.05, 3.63) is 96.6 Å². The van der Waals surface area contributed by atoms with Crippen LogP contribution in [0.4, 0.5) is 0 Å². The molecule has 4 rings (SSSR count). The molecule has 0 unspecified atom stereocenters. The van der Waals surface area contributed by atoms with E-state index in [-0.39, 0.29) is 0 Å². The molecule has 25 heavy (non-hydrogen) atoms. The Morgan fingerprint density at radius 3 is 2.16 bits per heavy atom. The van der Waals surface area contributed by atoms with Crippen molar-refractivity contribution in [2.75, 3.05) is 0 Å². The Labute approximate surface area is 146 Å². The lowest BCUT2D eigenvalue weighted by atomic mass is 9.90. The molecule has 0 aliphatic rings. The molecule has 0 aromatic heterocycles. The maximum atomic E-state index is 11.4. The number of aromatic carboxylic acids is 1. The van der Waals surface area contributed by atoms with Gasteiger partial charge >= 0.3 is 5.97 Å². The topological polar surface area (TPSA) is 37.3 Å². The third-order valence-electron chi connectivity index (χ3n) is 4.43. The molecule has 1 N–H and O–H groups in total. The van der Waals surface area contributed by atoms with E-state index < -0.39 is 5.97 Å². The second-order valence-electron chi connectivity index (χ2n) is 5.96. The van der Waals surface area contributed by atoms with E-state index in [4.69, 9.17) is 0 Å². The molecule has 0 amide bonds. The van der Waals surface area contributed by atoms with Crippen LogP contribution in [-0.2, 0) is 0 Å². The van der Waals surface area contributed by atoms with Crippen molar-refractivity contribution in [2.45, 2.75) is 0 Å². The summed E-state index contributed by atoms with van der Waals surface area (Å²) >= 11 is 0. The van der Waals surface area contributed by atoms with Crippen molar-refractivity contribution in [1.82, 2.24) is 0 Å². The van der Waals surface area contributed by atoms with E-state index in [0.717, 1.165) is 27.6 Å². The second kappa shape index (κ2) is 6.25. The maximum Gasteiger partial charge on any atom is 0.335 e. The van der Waals surface area contributed by atoms with Gasteiger partial charge in [-0.1, -0.05) is 78.9 Å². The van der Waals surface area contributed by atoms with Gasteiger partial charge in [0.1, 0.15) is 0 Å². The fraction of sp³-hybridized carbons (Fsp3) is 0. The fourth-order valence-corrected chi connectivity index (χ4v) is 3.23. The minimum atomic E-state index is -0.915. The van der Waals surface area contributed by atoms with Crippen LogP contribution in [0.15, 0.2) is 91.0 Å². The Kier molecular flexibility index (Phi) is 3.79. The predicted molar refractivity (Wildman–Crippen MR) is 102 cm³/mol. The lowest BCUT2D eigenvalue weighted by Crippen LogP contribution is -1.97. The van der Waals surface area contributed by atoms with E-state index in [1.807, 2.05) is 54.6 Å². The smallest absolute Gasteiger partial charge is 0.335 e. The van der Waals surface area contributed by atoms with E-state index in [0.29, 0.717) is 5.56 Å². The Hall–Kier alpha value is -3.39. The lowest BCUT2D eigenvalue weighted by Gasteiger charge is -2.14. The van der Waals surface area contributed by atoms with E-state index in [9.17, 15) is 9.90 Å². The first kappa shape index (κ1) is 15.2. The number of rotatable bonds is 3. The Balaban J connectivity index is 2.03. The van der Waals surface area contributed by atoms with Gasteiger partial charge in [0.05, 0.1) is 5.56 Å². The zero-order chi connectivity index (χ0) is 17.2. The van der Waals surface area contributed by atoms with Gasteiger partial charge in [0.15, 0.2) is 0 Å². The molecule has 0 fully saturated rings. The van der Waals surface area contributed by atoms with Crippen LogP contribution in [-0.4, -0.2) is 11.1 Å². The van der Waals surface area contributed by atoms with Crippen LogP contribution in [0.3, 0.4) is 0 Å². The summed E-state index contributed by atoms with van der Waals surface area (Å²) in [6, 6.07) is 29.7. The third kappa shape index (κ3) is 2.79. The van der Waals surface area contributed by atoms with Crippen LogP contribution >= 0.6 is 0 Å². The summed E-state index contributed by atoms with van der Waals surface area (Å²) in [5.41, 5.74) is 4.37. The van der Waals surface area contributed by atoms with Gasteiger partial charge in [-0.15, -0.1) is 0 Å². The number of fused-ring (bicyclic) bond motifs is 1. The number of carbonyl (C=O) groups is 1. The molecule has 4 aromatic rings. The van der Waals surface area contributed by atoms with E-state index >= 15 is 0 Å². The van der Waals surface area contributed by atoms with E-state index in [2.05, 4.69) is 24.3 Å². The van der Waals surface area contributed by atoms with Crippen molar-refractivity contribution in [2.24, 2.45) is 0 Å². The maximum absolute atomic E-state index is 11.4. The molecule has 0 bridgehead atoms. The van der Waals surface area contributed by atoms with Crippen LogP contribution in [0, 0.1) is 0 Å². The van der Waals surface area contributed by atoms with Crippen LogP contribution in [0.25, 0.3) is 33.0 Å². The lowest BCUT2D eigenvalue weighted by molar-refractivity contribution is 0.0697. The first-order valence-corrected chi connectivity index (χ1v) is 8.15. The molecule has 4 aromatic carbocycles. The van der Waals surface area contributed by atoms with Crippen LogP contribution in [0.1, 0.15) is 10.4 Å². The minimum absolute atomic E-state index is 0.294. The van der Waals surface area contributed by atoms with Gasteiger partial charge in [0, 0.05) is 0 Å². The number of hydrogen-bond acceptors (Lipinski definition) is 1. The van der Waals surface area contributed by atoms with Crippen LogP contribution in [0.5, 0.6) is 0 Å². The highest BCUT2D eigenvalue weighted by Crippen LogP contribution is 2.36. The Morgan fingerprint density at radius 2 is 1.36 bits per heavy atom. The van der Waals surface area contributed by atoms with Gasteiger partial charge < -0.3 is 5.11 Å². The second-order valence-corrected chi connectivity index (χ2v) is 5.96. The van der Waals surface area contributed by atoms with Crippen LogP contribution in [0.2, 0.25) is 0 Å². The predicted octanol–water partition coefficient (Wildman–Crippen LogP) is 5.87. The number of hydrogen-bond donors (Lipinski definition) is 1. The summed E-state index contributed by atoms with van der Waals surface area (Å²) in [5.74, 6) is -0.915. The normalized spacial score (nSPS) is 10.7. The SMILES string of the molecule is O=C(O)c1ccc(-c2cccc3ccccc23)c(-c2ccccc2)c1. The zero-order valence-corrected chi connectivity index (χ0v) is 13.5. The summed E-state index contributed by atoms with van der Waals surface area (Å²) in [7, 11) is 0. The van der Waals surface area contributed by atoms with Crippen molar-refractivity contribution >= 4 is 16.7 Å². The molecule has 120 valence electrons. The van der Waals surface area contributed by atoms with Gasteiger partial charge in [0.25, 0.3) is 0 Å². The molecule has 2 heteroatoms. The van der Waals surface area contributed by atoms with Gasteiger partial charge in [-0.25, -0.2) is 4.79 Å². The van der Waals surface area contributed by atoms with Crippen LogP contribution < -0.4 is 0 Å². The summed E-state index contributed by atoms with van der Waals surface area (Å²) < 4.78 is 0. The Morgan fingerprint density at radius 1 is 0.640 bits per heavy atom. The molecule has 0 saturated carbocycles. The molecular weight excluding hydrogens is 308 g/mol. The molecule has 0 aliphatic carbocycles. The standard InChI is InChI=1S/C23H16O2/c24-23(25)18-13-14-21(22(15-18)17-7-2-1-3-8-17)20-12-6-10-16-9-4-5-11-19(16)20/h1-15H,(H,24,25). The Bertz CT molecular complexity index is 1060. The van der Waals surface area contributed by atoms with E-state index in [1.165, 1.54) is 5.39 Å². The summed E-state index contributed by atoms with van der Waals surface area (Å²) in [6.45, 7) is 0. The summed E-state index contributed by atoms with van der Waals surface area (Å²) in [5, 5.41) is 11.7. The molecule has 0 heterocycles. The highest BCUT2D eigenvalue weighted by molar-refractivity contribution is 6.01. The average molecular weight is 324 g/mol. The van der Waals surface area contributed by atoms with Crippen molar-refractivity contribution in [3.63, 3.8) is 0 Å². The van der Waals surface area contributed by atoms with Crippen molar-refractivity contribution in [1.29, 1.82) is 0 Å². The molecule has 0 radical (unpaired) electrons. The average Bonchev–Trinajstić information content (AvgIpc) is 2.68. The van der Waals surface area contributed by atoms with Crippen molar-refractivity contribution < 1.29 is 9.90 Å². The number of benzene rings is 4. The van der Waals surface area contributed by atoms with Gasteiger partial charge in [-0.05, 0) is 45.2 Å². The molecular formula is C23H16O2. The quantitative estimate of drug-likeness (QED) is 0.511. The van der Waals surface area contributed by atoms with Gasteiger partial charge in [-0.2, -0.15) is 0 Å². The molecule has 0 spiro atoms. The van der Waals surface area contributed by atoms with Gasteiger partial charge in [0.2, 0.25) is 0 Å². The monoisotopic (exact) mass is 324 g/mol. The first-order valence-electron chi connectivity index (χ1n) is 8.15. The third-order valence-corrected chi connectivity index (χ3v) is 4.43. The molecule has 0 atom stereocenters. The van der Waals surface area contributed by atoms with Crippen molar-refractivity contribution in [3.8, 4) is 22.3 Å². The zero-order valence-electron chi connectivity index (χ0n) is 13.5. The highest BCUT2D eigenvalue weighted by atomic mass is 16.4. The minimum Gasteiger partial charge on any atom is -0.478 e.